The van der Waals surface area contributed by atoms with E-state index in [4.69, 9.17) is 5.73 Å². The summed E-state index contributed by atoms with van der Waals surface area (Å²) >= 11 is 0. The number of rotatable bonds is 3. The van der Waals surface area contributed by atoms with Crippen LogP contribution >= 0.6 is 0 Å². The number of amides is 1. The summed E-state index contributed by atoms with van der Waals surface area (Å²) in [6.45, 7) is 2.02. The molecule has 3 nitrogen and oxygen atoms in total. The second-order valence-corrected chi connectivity index (χ2v) is 4.70. The predicted molar refractivity (Wildman–Crippen MR) is 81.4 cm³/mol. The lowest BCUT2D eigenvalue weighted by molar-refractivity contribution is -0.117. The van der Waals surface area contributed by atoms with Gasteiger partial charge in [-0.3, -0.25) is 4.79 Å². The molecule has 3 N–H and O–H groups in total. The van der Waals surface area contributed by atoms with Gasteiger partial charge in [0.2, 0.25) is 5.91 Å². The largest absolute Gasteiger partial charge is 0.325 e. The van der Waals surface area contributed by atoms with Gasteiger partial charge in [-0.25, -0.2) is 0 Å². The number of benzene rings is 2. The van der Waals surface area contributed by atoms with Crippen LogP contribution in [-0.2, 0) is 4.79 Å². The Balaban J connectivity index is 2.13. The van der Waals surface area contributed by atoms with E-state index in [9.17, 15) is 4.79 Å². The van der Waals surface area contributed by atoms with Crippen molar-refractivity contribution in [2.75, 3.05) is 5.32 Å². The smallest absolute Gasteiger partial charge is 0.245 e. The van der Waals surface area contributed by atoms with E-state index >= 15 is 0 Å². The van der Waals surface area contributed by atoms with Gasteiger partial charge in [0.05, 0.1) is 0 Å². The monoisotopic (exact) mass is 252 g/mol. The Bertz CT molecular complexity index is 584. The van der Waals surface area contributed by atoms with E-state index in [2.05, 4.69) is 5.32 Å². The van der Waals surface area contributed by atoms with Gasteiger partial charge in [0.1, 0.15) is 13.9 Å². The van der Waals surface area contributed by atoms with Crippen LogP contribution < -0.4 is 16.5 Å². The van der Waals surface area contributed by atoms with Crippen molar-refractivity contribution in [2.45, 2.75) is 13.0 Å². The van der Waals surface area contributed by atoms with Gasteiger partial charge in [0.15, 0.2) is 0 Å². The summed E-state index contributed by atoms with van der Waals surface area (Å²) in [7, 11) is 1.97. The maximum atomic E-state index is 12.1. The van der Waals surface area contributed by atoms with Crippen molar-refractivity contribution in [2.24, 2.45) is 5.73 Å². The van der Waals surface area contributed by atoms with E-state index < -0.39 is 6.04 Å². The molecule has 0 radical (unpaired) electrons. The number of carbonyl (C=O) groups excluding carboxylic acids is 1. The van der Waals surface area contributed by atoms with Gasteiger partial charge < -0.3 is 11.1 Å². The fourth-order valence-electron chi connectivity index (χ4n) is 1.98. The van der Waals surface area contributed by atoms with Gasteiger partial charge in [-0.15, -0.1) is 0 Å². The normalized spacial score (nSPS) is 11.9. The molecule has 1 atom stereocenters. The van der Waals surface area contributed by atoms with Gasteiger partial charge in [0.25, 0.3) is 0 Å². The maximum Gasteiger partial charge on any atom is 0.245 e. The predicted octanol–water partition coefficient (Wildman–Crippen LogP) is 0.892. The van der Waals surface area contributed by atoms with Crippen molar-refractivity contribution in [3.8, 4) is 0 Å². The van der Waals surface area contributed by atoms with Gasteiger partial charge in [-0.05, 0) is 18.6 Å². The molecule has 0 aromatic heterocycles. The summed E-state index contributed by atoms with van der Waals surface area (Å²) in [5, 5.41) is 2.87. The zero-order valence-electron chi connectivity index (χ0n) is 11.2. The van der Waals surface area contributed by atoms with Crippen LogP contribution in [0.2, 0.25) is 0 Å². The molecular weight excluding hydrogens is 235 g/mol. The minimum absolute atomic E-state index is 0.196. The van der Waals surface area contributed by atoms with Gasteiger partial charge >= 0.3 is 0 Å². The summed E-state index contributed by atoms with van der Waals surface area (Å²) in [6.07, 6.45) is 0. The Kier molecular flexibility index (Phi) is 4.02. The number of anilines is 1. The third-order valence-electron chi connectivity index (χ3n) is 3.08. The minimum Gasteiger partial charge on any atom is -0.325 e. The minimum atomic E-state index is -0.651. The highest BCUT2D eigenvalue weighted by molar-refractivity contribution is 6.36. The van der Waals surface area contributed by atoms with E-state index in [1.54, 1.807) is 0 Å². The molecule has 0 aliphatic carbocycles. The molecule has 0 spiro atoms. The molecule has 19 heavy (non-hydrogen) atoms. The summed E-state index contributed by atoms with van der Waals surface area (Å²) in [4.78, 5) is 12.1. The van der Waals surface area contributed by atoms with Crippen LogP contribution in [0.4, 0.5) is 5.69 Å². The molecule has 0 heterocycles. The molecule has 0 aliphatic heterocycles. The molecule has 0 aliphatic rings. The van der Waals surface area contributed by atoms with Crippen molar-refractivity contribution in [1.29, 1.82) is 0 Å². The van der Waals surface area contributed by atoms with Gasteiger partial charge in [-0.1, -0.05) is 53.5 Å². The summed E-state index contributed by atoms with van der Waals surface area (Å²) < 4.78 is 0. The molecule has 1 unspecified atom stereocenters. The molecule has 4 heteroatoms. The molecule has 0 saturated carbocycles. The first kappa shape index (κ1) is 13.4. The van der Waals surface area contributed by atoms with Crippen molar-refractivity contribution in [3.63, 3.8) is 0 Å². The van der Waals surface area contributed by atoms with Crippen LogP contribution in [0, 0.1) is 6.92 Å². The highest BCUT2D eigenvalue weighted by atomic mass is 16.2. The first-order valence-corrected chi connectivity index (χ1v) is 6.26. The summed E-state index contributed by atoms with van der Waals surface area (Å²) in [5.41, 5.74) is 9.78. The van der Waals surface area contributed by atoms with E-state index in [0.29, 0.717) is 0 Å². The zero-order valence-corrected chi connectivity index (χ0v) is 11.2. The maximum absolute atomic E-state index is 12.1. The van der Waals surface area contributed by atoms with Crippen molar-refractivity contribution < 1.29 is 4.79 Å². The number of carbonyl (C=O) groups is 1. The third kappa shape index (κ3) is 3.23. The lowest BCUT2D eigenvalue weighted by Crippen LogP contribution is -2.29. The molecule has 2 aromatic carbocycles. The Hall–Kier alpha value is -2.07. The third-order valence-corrected chi connectivity index (χ3v) is 3.08. The number of nitrogens with two attached hydrogens (primary N) is 1. The van der Waals surface area contributed by atoms with E-state index in [-0.39, 0.29) is 5.91 Å². The topological polar surface area (TPSA) is 55.1 Å². The molecule has 96 valence electrons. The van der Waals surface area contributed by atoms with Crippen LogP contribution in [0.5, 0.6) is 0 Å². The quantitative estimate of drug-likeness (QED) is 0.797. The van der Waals surface area contributed by atoms with Crippen LogP contribution in [-0.4, -0.2) is 13.8 Å². The van der Waals surface area contributed by atoms with E-state index in [0.717, 1.165) is 16.7 Å². The Morgan fingerprint density at radius 3 is 2.53 bits per heavy atom. The molecule has 0 fully saturated rings. The van der Waals surface area contributed by atoms with Crippen molar-refractivity contribution in [3.05, 3.63) is 59.7 Å². The van der Waals surface area contributed by atoms with Crippen molar-refractivity contribution in [1.82, 2.24) is 0 Å². The van der Waals surface area contributed by atoms with Gasteiger partial charge in [0, 0.05) is 5.69 Å². The van der Waals surface area contributed by atoms with E-state index in [1.165, 1.54) is 5.56 Å². The highest BCUT2D eigenvalue weighted by Crippen LogP contribution is 2.13. The standard InChI is InChI=1S/C15H17BN2O/c1-10-7-8-13(12(16)9-10)18-15(19)14(17)11-5-3-2-4-6-11/h2-9,14H,16-17H2,1H3,(H,18,19). The average Bonchev–Trinajstić information content (AvgIpc) is 2.42. The Morgan fingerprint density at radius 1 is 1.21 bits per heavy atom. The average molecular weight is 252 g/mol. The van der Waals surface area contributed by atoms with Crippen LogP contribution in [0.25, 0.3) is 0 Å². The second-order valence-electron chi connectivity index (χ2n) is 4.70. The second kappa shape index (κ2) is 5.72. The summed E-state index contributed by atoms with van der Waals surface area (Å²) in [5.74, 6) is -0.196. The summed E-state index contributed by atoms with van der Waals surface area (Å²) in [6, 6.07) is 14.6. The van der Waals surface area contributed by atoms with Crippen LogP contribution in [0.1, 0.15) is 17.2 Å². The molecule has 0 saturated heterocycles. The zero-order chi connectivity index (χ0) is 13.8. The van der Waals surface area contributed by atoms with Crippen LogP contribution in [0.3, 0.4) is 0 Å². The van der Waals surface area contributed by atoms with Gasteiger partial charge in [-0.2, -0.15) is 0 Å². The Morgan fingerprint density at radius 2 is 1.89 bits per heavy atom. The lowest BCUT2D eigenvalue weighted by atomic mass is 9.92. The van der Waals surface area contributed by atoms with E-state index in [1.807, 2.05) is 63.3 Å². The Labute approximate surface area is 114 Å². The number of hydrogen-bond acceptors (Lipinski definition) is 2. The molecular formula is C15H17BN2O. The molecule has 1 amide bonds. The fraction of sp³-hybridized carbons (Fsp3) is 0.133. The van der Waals surface area contributed by atoms with Crippen LogP contribution in [0.15, 0.2) is 48.5 Å². The number of nitrogens with one attached hydrogen (secondary N) is 1. The first-order chi connectivity index (χ1) is 9.08. The molecule has 2 aromatic rings. The fourth-order valence-corrected chi connectivity index (χ4v) is 1.98. The number of hydrogen-bond donors (Lipinski definition) is 2. The highest BCUT2D eigenvalue weighted by Gasteiger charge is 2.15. The molecule has 0 bridgehead atoms. The lowest BCUT2D eigenvalue weighted by Gasteiger charge is -2.14. The molecule has 2 rings (SSSR count). The SMILES string of the molecule is Bc1cc(C)ccc1NC(=O)C(N)c1ccccc1. The number of aryl methyl sites for hydroxylation is 1. The van der Waals surface area contributed by atoms with Crippen molar-refractivity contribution >= 4 is 24.9 Å². The first-order valence-electron chi connectivity index (χ1n) is 6.26.